The summed E-state index contributed by atoms with van der Waals surface area (Å²) in [7, 11) is 3.74. The van der Waals surface area contributed by atoms with Crippen molar-refractivity contribution < 1.29 is 19.9 Å². The van der Waals surface area contributed by atoms with Gasteiger partial charge in [-0.15, -0.1) is 0 Å². The molecule has 0 heterocycles. The van der Waals surface area contributed by atoms with Gasteiger partial charge in [0.1, 0.15) is 0 Å². The summed E-state index contributed by atoms with van der Waals surface area (Å²) in [4.78, 5) is 26.6. The summed E-state index contributed by atoms with van der Waals surface area (Å²) in [6.07, 6.45) is 0.00636. The molecule has 0 fully saturated rings. The number of nitrogens with one attached hydrogen (secondary N) is 2. The molecule has 33 heavy (non-hydrogen) atoms. The van der Waals surface area contributed by atoms with Gasteiger partial charge in [0, 0.05) is 18.7 Å². The monoisotopic (exact) mass is 458 g/mol. The first-order valence-corrected chi connectivity index (χ1v) is 10.8. The number of likely N-dealkylation sites (N-methyl/N-ethyl adjacent to an activating group) is 1. The summed E-state index contributed by atoms with van der Waals surface area (Å²) < 4.78 is 0. The molecule has 0 aliphatic rings. The number of nitrogens with zero attached hydrogens (tertiary/aromatic N) is 2. The lowest BCUT2D eigenvalue weighted by Crippen LogP contribution is -2.52. The Hall–Kier alpha value is -2.94. The van der Waals surface area contributed by atoms with Crippen molar-refractivity contribution in [1.29, 1.82) is 0 Å². The molecule has 182 valence electrons. The Morgan fingerprint density at radius 1 is 1.00 bits per heavy atom. The second kappa shape index (κ2) is 13.6. The standard InChI is InChI=1S/C24H34N4O4.CH4/c1-5-18-6-8-19(9-7-18)20-10-12-21(13-11-20)23(30)26-22(17(2)29)16-28(32)24(31)25-14-15-27(3)4;/h6-13,17,22,29,32H,5,14-16H2,1-4H3,(H,25,31)(H,26,30);1H4/t17-,22-;/m1./s1. The molecule has 0 saturated heterocycles. The molecule has 0 spiro atoms. The molecule has 0 unspecified atom stereocenters. The second-order valence-electron chi connectivity index (χ2n) is 8.07. The van der Waals surface area contributed by atoms with Crippen molar-refractivity contribution in [1.82, 2.24) is 20.6 Å². The Morgan fingerprint density at radius 3 is 2.03 bits per heavy atom. The number of amides is 3. The smallest absolute Gasteiger partial charge is 0.341 e. The molecule has 2 aromatic carbocycles. The van der Waals surface area contributed by atoms with Crippen molar-refractivity contribution in [3.63, 3.8) is 0 Å². The highest BCUT2D eigenvalue weighted by atomic mass is 16.5. The molecule has 4 N–H and O–H groups in total. The van der Waals surface area contributed by atoms with Crippen LogP contribution in [0.5, 0.6) is 0 Å². The molecular weight excluding hydrogens is 420 g/mol. The van der Waals surface area contributed by atoms with Crippen molar-refractivity contribution in [3.8, 4) is 11.1 Å². The number of urea groups is 1. The highest BCUT2D eigenvalue weighted by molar-refractivity contribution is 5.95. The summed E-state index contributed by atoms with van der Waals surface area (Å²) in [6.45, 7) is 4.33. The molecule has 0 aliphatic carbocycles. The highest BCUT2D eigenvalue weighted by Gasteiger charge is 2.23. The van der Waals surface area contributed by atoms with Gasteiger partial charge in [-0.1, -0.05) is 50.7 Å². The Balaban J connectivity index is 0.00000544. The van der Waals surface area contributed by atoms with Crippen LogP contribution < -0.4 is 10.6 Å². The Bertz CT molecular complexity index is 867. The summed E-state index contributed by atoms with van der Waals surface area (Å²) in [5, 5.41) is 25.8. The number of hydroxylamine groups is 2. The van der Waals surface area contributed by atoms with Crippen LogP contribution in [-0.4, -0.2) is 78.1 Å². The molecular formula is C25H38N4O4. The minimum absolute atomic E-state index is 0. The van der Waals surface area contributed by atoms with E-state index in [1.165, 1.54) is 12.5 Å². The van der Waals surface area contributed by atoms with Gasteiger partial charge in [-0.25, -0.2) is 9.86 Å². The molecule has 3 amide bonds. The zero-order valence-corrected chi connectivity index (χ0v) is 19.2. The van der Waals surface area contributed by atoms with Gasteiger partial charge in [0.05, 0.1) is 18.7 Å². The van der Waals surface area contributed by atoms with Crippen LogP contribution in [-0.2, 0) is 6.42 Å². The van der Waals surface area contributed by atoms with E-state index >= 15 is 0 Å². The Labute approximate surface area is 197 Å². The number of aryl methyl sites for hydroxylation is 1. The predicted octanol–water partition coefficient (Wildman–Crippen LogP) is 2.99. The fraction of sp³-hybridized carbons (Fsp3) is 0.440. The van der Waals surface area contributed by atoms with E-state index < -0.39 is 24.1 Å². The highest BCUT2D eigenvalue weighted by Crippen LogP contribution is 2.20. The number of hydrogen-bond donors (Lipinski definition) is 4. The lowest BCUT2D eigenvalue weighted by Gasteiger charge is -2.26. The van der Waals surface area contributed by atoms with E-state index in [0.717, 1.165) is 17.5 Å². The predicted molar refractivity (Wildman–Crippen MR) is 131 cm³/mol. The van der Waals surface area contributed by atoms with Crippen LogP contribution in [0.2, 0.25) is 0 Å². The molecule has 2 rings (SSSR count). The van der Waals surface area contributed by atoms with Crippen molar-refractivity contribution in [3.05, 3.63) is 59.7 Å². The third-order valence-electron chi connectivity index (χ3n) is 5.18. The maximum Gasteiger partial charge on any atom is 0.341 e. The van der Waals surface area contributed by atoms with Crippen molar-refractivity contribution in [2.45, 2.75) is 39.8 Å². The molecule has 2 atom stereocenters. The van der Waals surface area contributed by atoms with Crippen molar-refractivity contribution in [2.75, 3.05) is 33.7 Å². The second-order valence-corrected chi connectivity index (χ2v) is 8.07. The van der Waals surface area contributed by atoms with Crippen LogP contribution >= 0.6 is 0 Å². The van der Waals surface area contributed by atoms with E-state index in [4.69, 9.17) is 0 Å². The van der Waals surface area contributed by atoms with Crippen LogP contribution in [0, 0.1) is 0 Å². The number of rotatable bonds is 10. The van der Waals surface area contributed by atoms with Crippen LogP contribution in [0.15, 0.2) is 48.5 Å². The molecule has 0 radical (unpaired) electrons. The minimum Gasteiger partial charge on any atom is -0.391 e. The van der Waals surface area contributed by atoms with Gasteiger partial charge < -0.3 is 20.6 Å². The Kier molecular flexibility index (Phi) is 11.6. The van der Waals surface area contributed by atoms with Gasteiger partial charge >= 0.3 is 6.03 Å². The number of aliphatic hydroxyl groups is 1. The van der Waals surface area contributed by atoms with Crippen LogP contribution in [0.3, 0.4) is 0 Å². The first-order valence-electron chi connectivity index (χ1n) is 10.8. The van der Waals surface area contributed by atoms with E-state index in [-0.39, 0.29) is 14.0 Å². The van der Waals surface area contributed by atoms with E-state index in [2.05, 4.69) is 41.8 Å². The minimum atomic E-state index is -0.973. The summed E-state index contributed by atoms with van der Waals surface area (Å²) in [5.41, 5.74) is 3.74. The normalized spacial score (nSPS) is 12.5. The van der Waals surface area contributed by atoms with Gasteiger partial charge in [-0.05, 0) is 56.3 Å². The van der Waals surface area contributed by atoms with Gasteiger partial charge in [0.15, 0.2) is 0 Å². The number of carbonyl (C=O) groups excluding carboxylic acids is 2. The number of hydrogen-bond acceptors (Lipinski definition) is 5. The fourth-order valence-electron chi connectivity index (χ4n) is 3.06. The topological polar surface area (TPSA) is 105 Å². The van der Waals surface area contributed by atoms with Crippen LogP contribution in [0.25, 0.3) is 11.1 Å². The molecule has 0 saturated carbocycles. The maximum absolute atomic E-state index is 12.7. The molecule has 8 heteroatoms. The number of benzene rings is 2. The molecule has 0 aliphatic heterocycles. The zero-order chi connectivity index (χ0) is 23.7. The third-order valence-corrected chi connectivity index (χ3v) is 5.18. The van der Waals surface area contributed by atoms with Gasteiger partial charge in [0.25, 0.3) is 5.91 Å². The third kappa shape index (κ3) is 8.84. The molecule has 8 nitrogen and oxygen atoms in total. The first-order chi connectivity index (χ1) is 15.2. The van der Waals surface area contributed by atoms with E-state index in [1.807, 2.05) is 31.1 Å². The van der Waals surface area contributed by atoms with Gasteiger partial charge in [-0.3, -0.25) is 10.0 Å². The van der Waals surface area contributed by atoms with Crippen LogP contribution in [0.4, 0.5) is 4.79 Å². The van der Waals surface area contributed by atoms with Crippen molar-refractivity contribution in [2.24, 2.45) is 0 Å². The van der Waals surface area contributed by atoms with Crippen LogP contribution in [0.1, 0.15) is 37.2 Å². The summed E-state index contributed by atoms with van der Waals surface area (Å²) in [5.74, 6) is -0.398. The molecule has 0 aromatic heterocycles. The van der Waals surface area contributed by atoms with Gasteiger partial charge in [-0.2, -0.15) is 0 Å². The number of carbonyl (C=O) groups is 2. The first kappa shape index (κ1) is 28.1. The SMILES string of the molecule is C.CCc1ccc(-c2ccc(C(=O)N[C@H](CN(O)C(=O)NCCN(C)C)[C@@H](C)O)cc2)cc1. The molecule has 2 aromatic rings. The largest absolute Gasteiger partial charge is 0.391 e. The summed E-state index contributed by atoms with van der Waals surface area (Å²) in [6, 6.07) is 13.9. The lowest BCUT2D eigenvalue weighted by molar-refractivity contribution is -0.0578. The fourth-order valence-corrected chi connectivity index (χ4v) is 3.06. The average molecular weight is 459 g/mol. The Morgan fingerprint density at radius 2 is 1.55 bits per heavy atom. The number of aliphatic hydroxyl groups excluding tert-OH is 1. The van der Waals surface area contributed by atoms with Crippen molar-refractivity contribution >= 4 is 11.9 Å². The molecule has 0 bridgehead atoms. The van der Waals surface area contributed by atoms with E-state index in [9.17, 15) is 19.9 Å². The van der Waals surface area contributed by atoms with E-state index in [1.54, 1.807) is 12.1 Å². The lowest BCUT2D eigenvalue weighted by atomic mass is 10.0. The average Bonchev–Trinajstić information content (AvgIpc) is 2.78. The zero-order valence-electron chi connectivity index (χ0n) is 19.2. The maximum atomic E-state index is 12.7. The van der Waals surface area contributed by atoms with E-state index in [0.29, 0.717) is 23.7 Å². The quantitative estimate of drug-likeness (QED) is 0.324. The van der Waals surface area contributed by atoms with Gasteiger partial charge in [0.2, 0.25) is 0 Å². The summed E-state index contributed by atoms with van der Waals surface area (Å²) >= 11 is 0.